The van der Waals surface area contributed by atoms with Gasteiger partial charge in [-0.2, -0.15) is 4.31 Å². The molecule has 0 spiro atoms. The van der Waals surface area contributed by atoms with Crippen molar-refractivity contribution < 1.29 is 17.9 Å². The molecule has 1 aliphatic rings. The quantitative estimate of drug-likeness (QED) is 0.724. The van der Waals surface area contributed by atoms with Crippen molar-refractivity contribution in [3.8, 4) is 5.75 Å². The highest BCUT2D eigenvalue weighted by atomic mass is 32.2. The normalized spacial score (nSPS) is 16.0. The smallest absolute Gasteiger partial charge is 0.257 e. The first-order valence-corrected chi connectivity index (χ1v) is 10.9. The van der Waals surface area contributed by atoms with Crippen molar-refractivity contribution in [1.82, 2.24) is 14.5 Å². The fourth-order valence-corrected chi connectivity index (χ4v) is 5.01. The molecule has 1 N–H and O–H groups in total. The molecule has 0 aliphatic carbocycles. The summed E-state index contributed by atoms with van der Waals surface area (Å²) < 4.78 is 32.3. The lowest BCUT2D eigenvalue weighted by Gasteiger charge is -2.32. The minimum Gasteiger partial charge on any atom is -0.496 e. The van der Waals surface area contributed by atoms with E-state index in [4.69, 9.17) is 4.74 Å². The van der Waals surface area contributed by atoms with Crippen LogP contribution in [0.2, 0.25) is 0 Å². The van der Waals surface area contributed by atoms with Crippen LogP contribution < -0.4 is 10.1 Å². The number of nitrogens with one attached hydrogen (secondary N) is 1. The molecule has 1 aliphatic heterocycles. The van der Waals surface area contributed by atoms with Gasteiger partial charge in [0, 0.05) is 26.2 Å². The van der Waals surface area contributed by atoms with Gasteiger partial charge in [0.05, 0.1) is 17.6 Å². The SMILES string of the molecule is CCN(CC)S(=O)(=O)c1ccc(OC)c(C(=O)N2CCC(CNC)CC2)c1. The Kier molecular flexibility index (Phi) is 7.64. The van der Waals surface area contributed by atoms with E-state index < -0.39 is 10.0 Å². The van der Waals surface area contributed by atoms with Crippen LogP contribution in [-0.2, 0) is 10.0 Å². The first-order valence-electron chi connectivity index (χ1n) is 9.51. The maximum Gasteiger partial charge on any atom is 0.257 e. The zero-order valence-corrected chi connectivity index (χ0v) is 17.5. The number of piperidine rings is 1. The Labute approximate surface area is 162 Å². The monoisotopic (exact) mass is 397 g/mol. The number of ether oxygens (including phenoxy) is 1. The lowest BCUT2D eigenvalue weighted by molar-refractivity contribution is 0.0687. The number of nitrogens with zero attached hydrogens (tertiary/aromatic N) is 2. The molecule has 1 saturated heterocycles. The predicted octanol–water partition coefficient (Wildman–Crippen LogP) is 1.80. The van der Waals surface area contributed by atoms with Gasteiger partial charge in [-0.05, 0) is 50.6 Å². The van der Waals surface area contributed by atoms with Crippen molar-refractivity contribution >= 4 is 15.9 Å². The van der Waals surface area contributed by atoms with Gasteiger partial charge in [-0.25, -0.2) is 8.42 Å². The van der Waals surface area contributed by atoms with E-state index in [1.165, 1.54) is 23.5 Å². The van der Waals surface area contributed by atoms with Crippen LogP contribution in [0.25, 0.3) is 0 Å². The molecule has 0 radical (unpaired) electrons. The Morgan fingerprint density at radius 3 is 2.41 bits per heavy atom. The van der Waals surface area contributed by atoms with Gasteiger partial charge in [0.2, 0.25) is 10.0 Å². The van der Waals surface area contributed by atoms with Crippen molar-refractivity contribution in [1.29, 1.82) is 0 Å². The second-order valence-corrected chi connectivity index (χ2v) is 8.68. The molecule has 152 valence electrons. The van der Waals surface area contributed by atoms with Gasteiger partial charge in [0.15, 0.2) is 0 Å². The number of sulfonamides is 1. The first-order chi connectivity index (χ1) is 12.9. The number of benzene rings is 1. The van der Waals surface area contributed by atoms with Crippen LogP contribution in [0.3, 0.4) is 0 Å². The van der Waals surface area contributed by atoms with Crippen LogP contribution in [0.4, 0.5) is 0 Å². The molecule has 1 aromatic carbocycles. The number of amides is 1. The van der Waals surface area contributed by atoms with Gasteiger partial charge in [0.25, 0.3) is 5.91 Å². The number of hydrogen-bond donors (Lipinski definition) is 1. The van der Waals surface area contributed by atoms with Crippen LogP contribution in [0.5, 0.6) is 5.75 Å². The van der Waals surface area contributed by atoms with Crippen LogP contribution in [0.1, 0.15) is 37.0 Å². The third-order valence-electron chi connectivity index (χ3n) is 5.14. The van der Waals surface area contributed by atoms with Crippen molar-refractivity contribution in [2.75, 3.05) is 46.9 Å². The highest BCUT2D eigenvalue weighted by molar-refractivity contribution is 7.89. The summed E-state index contributed by atoms with van der Waals surface area (Å²) in [5.41, 5.74) is 0.304. The molecule has 1 amide bonds. The molecule has 0 atom stereocenters. The molecular formula is C19H31N3O4S. The second-order valence-electron chi connectivity index (χ2n) is 6.74. The number of carbonyl (C=O) groups is 1. The van der Waals surface area contributed by atoms with Crippen molar-refractivity contribution in [3.63, 3.8) is 0 Å². The summed E-state index contributed by atoms with van der Waals surface area (Å²) in [4.78, 5) is 15.0. The van der Waals surface area contributed by atoms with E-state index >= 15 is 0 Å². The van der Waals surface area contributed by atoms with Gasteiger partial charge < -0.3 is 15.0 Å². The maximum atomic E-state index is 13.1. The molecule has 8 heteroatoms. The molecule has 7 nitrogen and oxygen atoms in total. The average Bonchev–Trinajstić information content (AvgIpc) is 2.68. The lowest BCUT2D eigenvalue weighted by Crippen LogP contribution is -2.40. The van der Waals surface area contributed by atoms with E-state index in [9.17, 15) is 13.2 Å². The number of methoxy groups -OCH3 is 1. The summed E-state index contributed by atoms with van der Waals surface area (Å²) in [7, 11) is -0.206. The number of hydrogen-bond acceptors (Lipinski definition) is 5. The second kappa shape index (κ2) is 9.52. The minimum atomic E-state index is -3.63. The predicted molar refractivity (Wildman–Crippen MR) is 106 cm³/mol. The molecule has 0 aromatic heterocycles. The van der Waals surface area contributed by atoms with E-state index in [-0.39, 0.29) is 10.8 Å². The Balaban J connectivity index is 2.29. The van der Waals surface area contributed by atoms with Gasteiger partial charge in [0.1, 0.15) is 5.75 Å². The first kappa shape index (κ1) is 21.7. The maximum absolute atomic E-state index is 13.1. The van der Waals surface area contributed by atoms with Crippen LogP contribution >= 0.6 is 0 Å². The van der Waals surface area contributed by atoms with Crippen LogP contribution in [0.15, 0.2) is 23.1 Å². The largest absolute Gasteiger partial charge is 0.496 e. The van der Waals surface area contributed by atoms with E-state index in [2.05, 4.69) is 5.32 Å². The third-order valence-corrected chi connectivity index (χ3v) is 7.18. The molecule has 0 bridgehead atoms. The highest BCUT2D eigenvalue weighted by Gasteiger charge is 2.28. The molecule has 1 heterocycles. The topological polar surface area (TPSA) is 79.0 Å². The fourth-order valence-electron chi connectivity index (χ4n) is 3.53. The molecule has 0 saturated carbocycles. The van der Waals surface area contributed by atoms with E-state index in [1.54, 1.807) is 24.8 Å². The molecule has 0 unspecified atom stereocenters. The molecule has 2 rings (SSSR count). The molecule has 27 heavy (non-hydrogen) atoms. The van der Waals surface area contributed by atoms with E-state index in [1.807, 2.05) is 7.05 Å². The summed E-state index contributed by atoms with van der Waals surface area (Å²) in [5, 5.41) is 3.18. The Hall–Kier alpha value is -1.64. The van der Waals surface area contributed by atoms with Crippen molar-refractivity contribution in [2.45, 2.75) is 31.6 Å². The molecular weight excluding hydrogens is 366 g/mol. The molecule has 1 aromatic rings. The minimum absolute atomic E-state index is 0.125. The number of rotatable bonds is 8. The zero-order valence-electron chi connectivity index (χ0n) is 16.7. The summed E-state index contributed by atoms with van der Waals surface area (Å²) in [5.74, 6) is 0.789. The van der Waals surface area contributed by atoms with Gasteiger partial charge >= 0.3 is 0 Å². The third kappa shape index (κ3) is 4.80. The van der Waals surface area contributed by atoms with Crippen molar-refractivity contribution in [2.24, 2.45) is 5.92 Å². The molecule has 1 fully saturated rings. The summed E-state index contributed by atoms with van der Waals surface area (Å²) in [6, 6.07) is 4.52. The summed E-state index contributed by atoms with van der Waals surface area (Å²) in [6.07, 6.45) is 1.87. The van der Waals surface area contributed by atoms with Crippen LogP contribution in [-0.4, -0.2) is 70.4 Å². The number of carbonyl (C=O) groups excluding carboxylic acids is 1. The summed E-state index contributed by atoms with van der Waals surface area (Å²) in [6.45, 7) is 6.64. The van der Waals surface area contributed by atoms with Gasteiger partial charge in [-0.15, -0.1) is 0 Å². The Bertz CT molecular complexity index is 739. The van der Waals surface area contributed by atoms with Gasteiger partial charge in [-0.1, -0.05) is 13.8 Å². The highest BCUT2D eigenvalue weighted by Crippen LogP contribution is 2.27. The van der Waals surface area contributed by atoms with E-state index in [0.29, 0.717) is 43.4 Å². The average molecular weight is 398 g/mol. The Morgan fingerprint density at radius 2 is 1.89 bits per heavy atom. The van der Waals surface area contributed by atoms with Crippen molar-refractivity contribution in [3.05, 3.63) is 23.8 Å². The van der Waals surface area contributed by atoms with Gasteiger partial charge in [-0.3, -0.25) is 4.79 Å². The van der Waals surface area contributed by atoms with Crippen LogP contribution in [0, 0.1) is 5.92 Å². The lowest BCUT2D eigenvalue weighted by atomic mass is 9.96. The van der Waals surface area contributed by atoms with E-state index in [0.717, 1.165) is 19.4 Å². The standard InChI is InChI=1S/C19H31N3O4S/c1-5-22(6-2)27(24,25)16-7-8-18(26-4)17(13-16)19(23)21-11-9-15(10-12-21)14-20-3/h7-8,13,15,20H,5-6,9-12,14H2,1-4H3. The zero-order chi connectivity index (χ0) is 20.0. The summed E-state index contributed by atoms with van der Waals surface area (Å²) >= 11 is 0. The Morgan fingerprint density at radius 1 is 1.26 bits per heavy atom. The number of likely N-dealkylation sites (tertiary alicyclic amines) is 1. The fraction of sp³-hybridized carbons (Fsp3) is 0.632.